The summed E-state index contributed by atoms with van der Waals surface area (Å²) in [6, 6.07) is 11.5. The fourth-order valence-electron chi connectivity index (χ4n) is 4.21. The molecule has 0 radical (unpaired) electrons. The Morgan fingerprint density at radius 1 is 1.09 bits per heavy atom. The summed E-state index contributed by atoms with van der Waals surface area (Å²) in [6.45, 7) is 3.88. The van der Waals surface area contributed by atoms with Gasteiger partial charge in [-0.25, -0.2) is 4.79 Å². The Bertz CT molecular complexity index is 1250. The Morgan fingerprint density at radius 2 is 1.83 bits per heavy atom. The predicted molar refractivity (Wildman–Crippen MR) is 138 cm³/mol. The molecule has 0 bridgehead atoms. The summed E-state index contributed by atoms with van der Waals surface area (Å²) in [6.07, 6.45) is 4.14. The number of carbonyl (C=O) groups excluding carboxylic acids is 2. The summed E-state index contributed by atoms with van der Waals surface area (Å²) in [5.41, 5.74) is 3.09. The number of anilines is 1. The first-order valence-electron chi connectivity index (χ1n) is 11.7. The van der Waals surface area contributed by atoms with E-state index < -0.39 is 0 Å². The quantitative estimate of drug-likeness (QED) is 0.324. The number of nitrogens with zero attached hydrogens (tertiary/aromatic N) is 2. The summed E-state index contributed by atoms with van der Waals surface area (Å²) in [4.78, 5) is 25.3. The first-order chi connectivity index (χ1) is 16.7. The summed E-state index contributed by atoms with van der Waals surface area (Å²) in [5.74, 6) is -0.0792. The molecule has 1 fully saturated rings. The van der Waals surface area contributed by atoms with E-state index in [1.165, 1.54) is 10.7 Å². The lowest BCUT2D eigenvalue weighted by molar-refractivity contribution is -0.118. The molecule has 1 saturated carbocycles. The molecule has 2 amide bonds. The summed E-state index contributed by atoms with van der Waals surface area (Å²) >= 11 is 12.1. The Hall–Kier alpha value is -3.03. The molecule has 9 heteroatoms. The molecule has 7 nitrogen and oxygen atoms in total. The van der Waals surface area contributed by atoms with E-state index in [2.05, 4.69) is 15.7 Å². The molecule has 0 spiro atoms. The van der Waals surface area contributed by atoms with E-state index >= 15 is 0 Å². The van der Waals surface area contributed by atoms with Crippen LogP contribution in [0.5, 0.6) is 5.75 Å². The lowest BCUT2D eigenvalue weighted by Crippen LogP contribution is -2.30. The van der Waals surface area contributed by atoms with Gasteiger partial charge in [0, 0.05) is 29.6 Å². The lowest BCUT2D eigenvalue weighted by atomic mass is 10.0. The van der Waals surface area contributed by atoms with Crippen LogP contribution in [-0.4, -0.2) is 26.8 Å². The highest BCUT2D eigenvalue weighted by atomic mass is 35.5. The number of aromatic nitrogens is 2. The molecule has 1 aliphatic carbocycles. The van der Waals surface area contributed by atoms with Gasteiger partial charge in [0.1, 0.15) is 5.75 Å². The molecule has 1 aromatic heterocycles. The third-order valence-corrected chi connectivity index (χ3v) is 6.93. The Morgan fingerprint density at radius 3 is 2.51 bits per heavy atom. The Labute approximate surface area is 214 Å². The normalized spacial score (nSPS) is 13.9. The van der Waals surface area contributed by atoms with E-state index in [0.717, 1.165) is 36.9 Å². The smallest absolute Gasteiger partial charge is 0.342 e. The molecule has 0 aliphatic heterocycles. The molecular weight excluding hydrogens is 487 g/mol. The zero-order valence-corrected chi connectivity index (χ0v) is 21.2. The van der Waals surface area contributed by atoms with Crippen molar-refractivity contribution >= 4 is 40.8 Å². The number of phenolic OH excluding ortho intramolecular Hbond substituents is 1. The van der Waals surface area contributed by atoms with Crippen LogP contribution in [0.4, 0.5) is 10.5 Å². The van der Waals surface area contributed by atoms with Gasteiger partial charge < -0.3 is 15.7 Å². The summed E-state index contributed by atoms with van der Waals surface area (Å²) in [5, 5.41) is 21.7. The molecule has 3 aromatic rings. The Balaban J connectivity index is 1.63. The minimum absolute atomic E-state index is 0.0198. The van der Waals surface area contributed by atoms with Crippen molar-refractivity contribution in [3.05, 3.63) is 63.8 Å². The van der Waals surface area contributed by atoms with Crippen molar-refractivity contribution in [3.8, 4) is 17.0 Å². The number of phenols is 1. The van der Waals surface area contributed by atoms with Crippen LogP contribution in [0.2, 0.25) is 10.0 Å². The van der Waals surface area contributed by atoms with Gasteiger partial charge in [0.25, 0.3) is 0 Å². The lowest BCUT2D eigenvalue weighted by Gasteiger charge is -2.12. The molecular formula is C26H28Cl2N4O3. The van der Waals surface area contributed by atoms with E-state index in [0.29, 0.717) is 27.0 Å². The van der Waals surface area contributed by atoms with Crippen molar-refractivity contribution in [2.24, 2.45) is 5.92 Å². The molecule has 0 saturated heterocycles. The monoisotopic (exact) mass is 514 g/mol. The SMILES string of the molecule is CC(C)C(=O)Nc1ccc(O)c(-c2cc(C3CCCC3)n(C(=O)NCc3ccc(Cl)c(Cl)c3)n2)c1. The van der Waals surface area contributed by atoms with Gasteiger partial charge in [-0.15, -0.1) is 0 Å². The Kier molecular flexibility index (Phi) is 7.67. The first-order valence-corrected chi connectivity index (χ1v) is 12.4. The molecule has 2 aromatic carbocycles. The number of halogens is 2. The second-order valence-electron chi connectivity index (χ2n) is 9.13. The molecule has 0 unspecified atom stereocenters. The second-order valence-corrected chi connectivity index (χ2v) is 9.95. The topological polar surface area (TPSA) is 96.2 Å². The number of nitrogens with one attached hydrogen (secondary N) is 2. The fourth-order valence-corrected chi connectivity index (χ4v) is 4.53. The van der Waals surface area contributed by atoms with Gasteiger partial charge >= 0.3 is 6.03 Å². The first kappa shape index (κ1) is 25.1. The van der Waals surface area contributed by atoms with Crippen molar-refractivity contribution in [2.75, 3.05) is 5.32 Å². The third kappa shape index (κ3) is 5.80. The average molecular weight is 515 g/mol. The van der Waals surface area contributed by atoms with Crippen LogP contribution >= 0.6 is 23.2 Å². The van der Waals surface area contributed by atoms with Gasteiger partial charge in [0.15, 0.2) is 0 Å². The highest BCUT2D eigenvalue weighted by Gasteiger charge is 2.26. The van der Waals surface area contributed by atoms with Gasteiger partial charge in [0.05, 0.1) is 21.4 Å². The fraction of sp³-hybridized carbons (Fsp3) is 0.346. The molecule has 0 atom stereocenters. The van der Waals surface area contributed by atoms with Crippen molar-refractivity contribution in [3.63, 3.8) is 0 Å². The predicted octanol–water partition coefficient (Wildman–Crippen LogP) is 6.57. The molecule has 184 valence electrons. The minimum atomic E-state index is -0.368. The molecule has 1 heterocycles. The number of benzene rings is 2. The van der Waals surface area contributed by atoms with Crippen LogP contribution < -0.4 is 10.6 Å². The zero-order chi connectivity index (χ0) is 25.1. The number of amides is 2. The molecule has 3 N–H and O–H groups in total. The number of aromatic hydroxyl groups is 1. The number of rotatable bonds is 6. The number of hydrogen-bond donors (Lipinski definition) is 3. The largest absolute Gasteiger partial charge is 0.507 e. The van der Waals surface area contributed by atoms with Crippen LogP contribution in [-0.2, 0) is 11.3 Å². The number of hydrogen-bond acceptors (Lipinski definition) is 4. The van der Waals surface area contributed by atoms with Crippen molar-refractivity contribution in [1.29, 1.82) is 0 Å². The van der Waals surface area contributed by atoms with Gasteiger partial charge in [0.2, 0.25) is 5.91 Å². The van der Waals surface area contributed by atoms with Crippen molar-refractivity contribution in [1.82, 2.24) is 15.1 Å². The maximum atomic E-state index is 13.2. The van der Waals surface area contributed by atoms with Crippen LogP contribution in [0, 0.1) is 5.92 Å². The highest BCUT2D eigenvalue weighted by Crippen LogP contribution is 2.38. The van der Waals surface area contributed by atoms with E-state index in [-0.39, 0.29) is 36.1 Å². The number of carbonyl (C=O) groups is 2. The highest BCUT2D eigenvalue weighted by molar-refractivity contribution is 6.42. The molecule has 35 heavy (non-hydrogen) atoms. The average Bonchev–Trinajstić information content (AvgIpc) is 3.51. The third-order valence-electron chi connectivity index (χ3n) is 6.19. The summed E-state index contributed by atoms with van der Waals surface area (Å²) in [7, 11) is 0. The van der Waals surface area contributed by atoms with Crippen LogP contribution in [0.25, 0.3) is 11.3 Å². The summed E-state index contributed by atoms with van der Waals surface area (Å²) < 4.78 is 1.39. The standard InChI is InChI=1S/C26H28Cl2N4O3/c1-15(2)25(34)30-18-8-10-24(33)19(12-18)22-13-23(17-5-3-4-6-17)32(31-22)26(35)29-14-16-7-9-20(27)21(28)11-16/h7-13,15,17,33H,3-6,14H2,1-2H3,(H,29,35)(H,30,34). The molecule has 4 rings (SSSR count). The second kappa shape index (κ2) is 10.7. The maximum absolute atomic E-state index is 13.2. The zero-order valence-electron chi connectivity index (χ0n) is 19.6. The van der Waals surface area contributed by atoms with E-state index in [4.69, 9.17) is 23.2 Å². The maximum Gasteiger partial charge on any atom is 0.342 e. The van der Waals surface area contributed by atoms with Crippen LogP contribution in [0.3, 0.4) is 0 Å². The van der Waals surface area contributed by atoms with Crippen molar-refractivity contribution < 1.29 is 14.7 Å². The van der Waals surface area contributed by atoms with Gasteiger partial charge in [-0.05, 0) is 54.8 Å². The minimum Gasteiger partial charge on any atom is -0.507 e. The van der Waals surface area contributed by atoms with Crippen LogP contribution in [0.15, 0.2) is 42.5 Å². The molecule has 1 aliphatic rings. The van der Waals surface area contributed by atoms with Gasteiger partial charge in [-0.2, -0.15) is 9.78 Å². The van der Waals surface area contributed by atoms with Gasteiger partial charge in [-0.3, -0.25) is 4.79 Å². The van der Waals surface area contributed by atoms with E-state index in [9.17, 15) is 14.7 Å². The van der Waals surface area contributed by atoms with Gasteiger partial charge in [-0.1, -0.05) is 56.0 Å². The van der Waals surface area contributed by atoms with E-state index in [1.54, 1.807) is 30.3 Å². The van der Waals surface area contributed by atoms with Crippen LogP contribution in [0.1, 0.15) is 56.7 Å². The van der Waals surface area contributed by atoms with Crippen molar-refractivity contribution in [2.45, 2.75) is 52.0 Å². The van der Waals surface area contributed by atoms with E-state index in [1.807, 2.05) is 19.9 Å².